The van der Waals surface area contributed by atoms with Gasteiger partial charge in [-0.3, -0.25) is 4.79 Å². The van der Waals surface area contributed by atoms with Gasteiger partial charge < -0.3 is 14.6 Å². The molecule has 2 rings (SSSR count). The topological polar surface area (TPSA) is 69.0 Å². The maximum Gasteiger partial charge on any atom is 0.230 e. The molecule has 1 aromatic carbocycles. The second-order valence-corrected chi connectivity index (χ2v) is 5.42. The zero-order chi connectivity index (χ0) is 15.2. The van der Waals surface area contributed by atoms with Crippen molar-refractivity contribution in [3.63, 3.8) is 0 Å². The Bertz CT molecular complexity index is 627. The number of thioether (sulfide) groups is 1. The van der Waals surface area contributed by atoms with Crippen LogP contribution in [0.4, 0.5) is 0 Å². The second-order valence-electron chi connectivity index (χ2n) is 4.47. The summed E-state index contributed by atoms with van der Waals surface area (Å²) in [5.41, 5.74) is 1.08. The first-order valence-electron chi connectivity index (χ1n) is 6.52. The van der Waals surface area contributed by atoms with Crippen LogP contribution in [0, 0.1) is 6.92 Å². The number of para-hydroxylation sites is 1. The monoisotopic (exact) mass is 306 g/mol. The Kier molecular flexibility index (Phi) is 5.21. The van der Waals surface area contributed by atoms with Crippen molar-refractivity contribution in [3.8, 4) is 5.75 Å². The molecule has 0 aliphatic carbocycles. The Morgan fingerprint density at radius 2 is 2.14 bits per heavy atom. The lowest BCUT2D eigenvalue weighted by Gasteiger charge is -2.08. The van der Waals surface area contributed by atoms with Crippen molar-refractivity contribution in [2.75, 3.05) is 12.8 Å². The molecule has 1 N–H and O–H groups in total. The van der Waals surface area contributed by atoms with Gasteiger partial charge in [0.25, 0.3) is 0 Å². The number of ether oxygens (including phenoxy) is 1. The number of amides is 1. The van der Waals surface area contributed by atoms with Gasteiger partial charge in [-0.05, 0) is 18.6 Å². The van der Waals surface area contributed by atoms with Crippen molar-refractivity contribution in [2.24, 2.45) is 7.05 Å². The van der Waals surface area contributed by atoms with Gasteiger partial charge in [0.05, 0.1) is 5.75 Å². The normalized spacial score (nSPS) is 10.4. The highest BCUT2D eigenvalue weighted by Gasteiger charge is 2.11. The highest BCUT2D eigenvalue weighted by atomic mass is 32.2. The SMILES string of the molecule is CNC(=O)CSc1nnc(COc2ccccc2C)n1C. The van der Waals surface area contributed by atoms with Crippen molar-refractivity contribution in [2.45, 2.75) is 18.7 Å². The van der Waals surface area contributed by atoms with Crippen molar-refractivity contribution in [3.05, 3.63) is 35.7 Å². The lowest BCUT2D eigenvalue weighted by molar-refractivity contribution is -0.118. The van der Waals surface area contributed by atoms with E-state index in [1.54, 1.807) is 7.05 Å². The summed E-state index contributed by atoms with van der Waals surface area (Å²) in [5.74, 6) is 1.83. The maximum absolute atomic E-state index is 11.2. The number of hydrogen-bond acceptors (Lipinski definition) is 5. The highest BCUT2D eigenvalue weighted by molar-refractivity contribution is 7.99. The summed E-state index contributed by atoms with van der Waals surface area (Å²) in [6.45, 7) is 2.34. The smallest absolute Gasteiger partial charge is 0.230 e. The number of benzene rings is 1. The van der Waals surface area contributed by atoms with Gasteiger partial charge in [-0.15, -0.1) is 10.2 Å². The number of carbonyl (C=O) groups excluding carboxylic acids is 1. The van der Waals surface area contributed by atoms with E-state index in [2.05, 4.69) is 15.5 Å². The third kappa shape index (κ3) is 3.98. The maximum atomic E-state index is 11.2. The molecule has 0 radical (unpaired) electrons. The fourth-order valence-electron chi connectivity index (χ4n) is 1.66. The number of nitrogens with one attached hydrogen (secondary N) is 1. The van der Waals surface area contributed by atoms with Gasteiger partial charge in [-0.2, -0.15) is 0 Å². The van der Waals surface area contributed by atoms with Crippen LogP contribution in [-0.4, -0.2) is 33.5 Å². The summed E-state index contributed by atoms with van der Waals surface area (Å²) in [6.07, 6.45) is 0. The molecule has 7 heteroatoms. The summed E-state index contributed by atoms with van der Waals surface area (Å²) in [6, 6.07) is 7.82. The van der Waals surface area contributed by atoms with E-state index in [9.17, 15) is 4.79 Å². The zero-order valence-corrected chi connectivity index (χ0v) is 13.1. The van der Waals surface area contributed by atoms with Crippen LogP contribution in [0.5, 0.6) is 5.75 Å². The molecule has 0 saturated carbocycles. The van der Waals surface area contributed by atoms with E-state index >= 15 is 0 Å². The number of nitrogens with zero attached hydrogens (tertiary/aromatic N) is 3. The van der Waals surface area contributed by atoms with Crippen LogP contribution >= 0.6 is 11.8 Å². The van der Waals surface area contributed by atoms with Gasteiger partial charge in [-0.25, -0.2) is 0 Å². The molecule has 1 aromatic heterocycles. The highest BCUT2D eigenvalue weighted by Crippen LogP contribution is 2.19. The second kappa shape index (κ2) is 7.12. The lowest BCUT2D eigenvalue weighted by atomic mass is 10.2. The molecule has 21 heavy (non-hydrogen) atoms. The van der Waals surface area contributed by atoms with Gasteiger partial charge in [0.1, 0.15) is 12.4 Å². The number of aryl methyl sites for hydroxylation is 1. The predicted octanol–water partition coefficient (Wildman–Crippen LogP) is 1.54. The van der Waals surface area contributed by atoms with Crippen LogP contribution in [0.1, 0.15) is 11.4 Å². The van der Waals surface area contributed by atoms with Crippen LogP contribution in [-0.2, 0) is 18.4 Å². The molecule has 6 nitrogen and oxygen atoms in total. The van der Waals surface area contributed by atoms with Crippen LogP contribution in [0.25, 0.3) is 0 Å². The Balaban J connectivity index is 1.97. The average molecular weight is 306 g/mol. The standard InChI is InChI=1S/C14H18N4O2S/c1-10-6-4-5-7-11(10)20-8-12-16-17-14(18(12)3)21-9-13(19)15-2/h4-7H,8-9H2,1-3H3,(H,15,19). The van der Waals surface area contributed by atoms with Crippen LogP contribution in [0.3, 0.4) is 0 Å². The van der Waals surface area contributed by atoms with Gasteiger partial charge in [0, 0.05) is 14.1 Å². The molecular formula is C14H18N4O2S. The van der Waals surface area contributed by atoms with Gasteiger partial charge in [0.2, 0.25) is 5.91 Å². The Labute approximate surface area is 127 Å². The minimum absolute atomic E-state index is 0.0410. The zero-order valence-electron chi connectivity index (χ0n) is 12.3. The van der Waals surface area contributed by atoms with E-state index in [4.69, 9.17) is 4.74 Å². The molecule has 0 aliphatic heterocycles. The van der Waals surface area contributed by atoms with Crippen molar-refractivity contribution in [1.29, 1.82) is 0 Å². The first-order valence-corrected chi connectivity index (χ1v) is 7.50. The number of rotatable bonds is 6. The molecule has 0 aliphatic rings. The number of aromatic nitrogens is 3. The van der Waals surface area contributed by atoms with E-state index < -0.39 is 0 Å². The molecule has 0 atom stereocenters. The quantitative estimate of drug-likeness (QED) is 0.820. The van der Waals surface area contributed by atoms with Crippen molar-refractivity contribution in [1.82, 2.24) is 20.1 Å². The van der Waals surface area contributed by atoms with Crippen LogP contribution < -0.4 is 10.1 Å². The summed E-state index contributed by atoms with van der Waals surface area (Å²) >= 11 is 1.35. The van der Waals surface area contributed by atoms with Gasteiger partial charge >= 0.3 is 0 Å². The van der Waals surface area contributed by atoms with Gasteiger partial charge in [0.15, 0.2) is 11.0 Å². The lowest BCUT2D eigenvalue weighted by Crippen LogP contribution is -2.20. The first kappa shape index (κ1) is 15.4. The van der Waals surface area contributed by atoms with Crippen molar-refractivity contribution < 1.29 is 9.53 Å². The van der Waals surface area contributed by atoms with E-state index in [1.165, 1.54) is 11.8 Å². The summed E-state index contributed by atoms with van der Waals surface area (Å²) in [7, 11) is 3.48. The third-order valence-corrected chi connectivity index (χ3v) is 4.01. The number of hydrogen-bond donors (Lipinski definition) is 1. The molecule has 0 unspecified atom stereocenters. The summed E-state index contributed by atoms with van der Waals surface area (Å²) in [4.78, 5) is 11.2. The molecule has 0 fully saturated rings. The molecule has 0 bridgehead atoms. The van der Waals surface area contributed by atoms with E-state index in [0.29, 0.717) is 17.5 Å². The average Bonchev–Trinajstić information content (AvgIpc) is 2.84. The molecule has 2 aromatic rings. The minimum atomic E-state index is -0.0410. The fourth-order valence-corrected chi connectivity index (χ4v) is 2.46. The minimum Gasteiger partial charge on any atom is -0.485 e. The molecule has 1 heterocycles. The van der Waals surface area contributed by atoms with Crippen LogP contribution in [0.2, 0.25) is 0 Å². The van der Waals surface area contributed by atoms with E-state index in [1.807, 2.05) is 42.8 Å². The number of carbonyl (C=O) groups is 1. The molecule has 112 valence electrons. The Morgan fingerprint density at radius 3 is 2.86 bits per heavy atom. The third-order valence-electron chi connectivity index (χ3n) is 2.99. The van der Waals surface area contributed by atoms with E-state index in [-0.39, 0.29) is 5.91 Å². The Morgan fingerprint density at radius 1 is 1.38 bits per heavy atom. The van der Waals surface area contributed by atoms with E-state index in [0.717, 1.165) is 17.1 Å². The Hall–Kier alpha value is -2.02. The largest absolute Gasteiger partial charge is 0.485 e. The fraction of sp³-hybridized carbons (Fsp3) is 0.357. The first-order chi connectivity index (χ1) is 10.1. The molecule has 0 spiro atoms. The molecule has 1 amide bonds. The van der Waals surface area contributed by atoms with Crippen LogP contribution in [0.15, 0.2) is 29.4 Å². The summed E-state index contributed by atoms with van der Waals surface area (Å²) < 4.78 is 7.59. The molecular weight excluding hydrogens is 288 g/mol. The molecule has 0 saturated heterocycles. The van der Waals surface area contributed by atoms with Gasteiger partial charge in [-0.1, -0.05) is 30.0 Å². The van der Waals surface area contributed by atoms with Crippen molar-refractivity contribution >= 4 is 17.7 Å². The predicted molar refractivity (Wildman–Crippen MR) is 81.3 cm³/mol. The summed E-state index contributed by atoms with van der Waals surface area (Å²) in [5, 5.41) is 11.4.